The first-order chi connectivity index (χ1) is 8.71. The first-order valence-corrected chi connectivity index (χ1v) is 5.46. The maximum absolute atomic E-state index is 5.54. The molecule has 2 N–H and O–H groups in total. The number of hydrogen-bond donors (Lipinski definition) is 2. The molecule has 2 rings (SSSR count). The molecule has 0 saturated heterocycles. The SMILES string of the molecule is CNc1cc(Oc2cc(C)[nH]n2)nc(COC)n1. The first-order valence-electron chi connectivity index (χ1n) is 5.46. The second kappa shape index (κ2) is 5.46. The third kappa shape index (κ3) is 2.95. The quantitative estimate of drug-likeness (QED) is 0.835. The Morgan fingerprint density at radius 2 is 2.11 bits per heavy atom. The fraction of sp³-hybridized carbons (Fsp3) is 0.364. The van der Waals surface area contributed by atoms with Crippen LogP contribution in [-0.4, -0.2) is 34.3 Å². The van der Waals surface area contributed by atoms with Crippen molar-refractivity contribution >= 4 is 5.82 Å². The summed E-state index contributed by atoms with van der Waals surface area (Å²) in [5.74, 6) is 2.11. The molecule has 0 aromatic carbocycles. The Morgan fingerprint density at radius 3 is 2.72 bits per heavy atom. The third-order valence-corrected chi connectivity index (χ3v) is 2.17. The van der Waals surface area contributed by atoms with Crippen molar-refractivity contribution in [2.75, 3.05) is 19.5 Å². The van der Waals surface area contributed by atoms with Crippen molar-refractivity contribution in [2.24, 2.45) is 0 Å². The van der Waals surface area contributed by atoms with Crippen molar-refractivity contribution < 1.29 is 9.47 Å². The summed E-state index contributed by atoms with van der Waals surface area (Å²) in [6, 6.07) is 3.49. The van der Waals surface area contributed by atoms with Gasteiger partial charge in [0, 0.05) is 32.0 Å². The van der Waals surface area contributed by atoms with Crippen LogP contribution in [0.5, 0.6) is 11.8 Å². The Labute approximate surface area is 105 Å². The molecule has 2 aromatic rings. The standard InChI is InChI=1S/C11H15N5O2/c1-7-4-11(16-15-7)18-10-5-8(12-2)13-9(14-10)6-17-3/h4-5H,6H2,1-3H3,(H,15,16)(H,12,13,14). The zero-order chi connectivity index (χ0) is 13.0. The number of aromatic amines is 1. The normalized spacial score (nSPS) is 10.4. The van der Waals surface area contributed by atoms with E-state index >= 15 is 0 Å². The average Bonchev–Trinajstić information content (AvgIpc) is 2.75. The highest BCUT2D eigenvalue weighted by atomic mass is 16.5. The lowest BCUT2D eigenvalue weighted by Gasteiger charge is -2.06. The van der Waals surface area contributed by atoms with E-state index < -0.39 is 0 Å². The van der Waals surface area contributed by atoms with Gasteiger partial charge in [-0.25, -0.2) is 4.98 Å². The Bertz CT molecular complexity index is 526. The van der Waals surface area contributed by atoms with Gasteiger partial charge in [0.25, 0.3) is 0 Å². The smallest absolute Gasteiger partial charge is 0.240 e. The predicted molar refractivity (Wildman–Crippen MR) is 65.7 cm³/mol. The molecular formula is C11H15N5O2. The molecule has 2 aromatic heterocycles. The zero-order valence-corrected chi connectivity index (χ0v) is 10.5. The second-order valence-electron chi connectivity index (χ2n) is 3.68. The molecule has 0 aliphatic carbocycles. The van der Waals surface area contributed by atoms with Crippen molar-refractivity contribution in [3.63, 3.8) is 0 Å². The van der Waals surface area contributed by atoms with E-state index in [2.05, 4.69) is 25.5 Å². The largest absolute Gasteiger partial charge is 0.419 e. The van der Waals surface area contributed by atoms with E-state index in [0.29, 0.717) is 30.0 Å². The number of aromatic nitrogens is 4. The molecule has 0 saturated carbocycles. The van der Waals surface area contributed by atoms with Crippen LogP contribution < -0.4 is 10.1 Å². The Balaban J connectivity index is 2.23. The molecule has 0 aliphatic heterocycles. The van der Waals surface area contributed by atoms with E-state index in [1.54, 1.807) is 26.3 Å². The molecule has 0 fully saturated rings. The van der Waals surface area contributed by atoms with Crippen molar-refractivity contribution in [3.05, 3.63) is 23.7 Å². The van der Waals surface area contributed by atoms with Crippen molar-refractivity contribution in [1.82, 2.24) is 20.2 Å². The van der Waals surface area contributed by atoms with Gasteiger partial charge < -0.3 is 14.8 Å². The molecule has 2 heterocycles. The predicted octanol–water partition coefficient (Wildman–Crippen LogP) is 1.49. The van der Waals surface area contributed by atoms with E-state index in [0.717, 1.165) is 5.69 Å². The number of H-pyrrole nitrogens is 1. The maximum atomic E-state index is 5.54. The van der Waals surface area contributed by atoms with E-state index in [1.165, 1.54) is 0 Å². The highest BCUT2D eigenvalue weighted by molar-refractivity contribution is 5.38. The van der Waals surface area contributed by atoms with Gasteiger partial charge in [-0.2, -0.15) is 4.98 Å². The van der Waals surface area contributed by atoms with Crippen molar-refractivity contribution in [3.8, 4) is 11.8 Å². The Hall–Kier alpha value is -2.15. The van der Waals surface area contributed by atoms with Gasteiger partial charge >= 0.3 is 0 Å². The first kappa shape index (κ1) is 12.3. The summed E-state index contributed by atoms with van der Waals surface area (Å²) >= 11 is 0. The molecule has 0 radical (unpaired) electrons. The summed E-state index contributed by atoms with van der Waals surface area (Å²) in [6.07, 6.45) is 0. The number of nitrogens with one attached hydrogen (secondary N) is 2. The molecule has 7 heteroatoms. The van der Waals surface area contributed by atoms with Gasteiger partial charge in [-0.15, -0.1) is 5.10 Å². The monoisotopic (exact) mass is 249 g/mol. The van der Waals surface area contributed by atoms with Crippen LogP contribution in [0, 0.1) is 6.92 Å². The van der Waals surface area contributed by atoms with Crippen LogP contribution in [0.4, 0.5) is 5.82 Å². The lowest BCUT2D eigenvalue weighted by molar-refractivity contribution is 0.177. The fourth-order valence-corrected chi connectivity index (χ4v) is 1.40. The van der Waals surface area contributed by atoms with Gasteiger partial charge in [0.2, 0.25) is 11.8 Å². The van der Waals surface area contributed by atoms with Gasteiger partial charge in [-0.1, -0.05) is 0 Å². The van der Waals surface area contributed by atoms with E-state index in [1.807, 2.05) is 6.92 Å². The number of rotatable bonds is 5. The van der Waals surface area contributed by atoms with Crippen LogP contribution in [0.25, 0.3) is 0 Å². The second-order valence-corrected chi connectivity index (χ2v) is 3.68. The lowest BCUT2D eigenvalue weighted by atomic mass is 10.5. The molecule has 0 bridgehead atoms. The van der Waals surface area contributed by atoms with Crippen LogP contribution in [0.2, 0.25) is 0 Å². The van der Waals surface area contributed by atoms with Crippen molar-refractivity contribution in [2.45, 2.75) is 13.5 Å². The summed E-state index contributed by atoms with van der Waals surface area (Å²) in [5.41, 5.74) is 0.921. The van der Waals surface area contributed by atoms with Gasteiger partial charge in [-0.05, 0) is 6.92 Å². The topological polar surface area (TPSA) is 85.0 Å². The molecule has 0 unspecified atom stereocenters. The number of anilines is 1. The van der Waals surface area contributed by atoms with Gasteiger partial charge in [0.1, 0.15) is 12.4 Å². The number of nitrogens with zero attached hydrogens (tertiary/aromatic N) is 3. The number of ether oxygens (including phenoxy) is 2. The Kier molecular flexibility index (Phi) is 3.73. The zero-order valence-electron chi connectivity index (χ0n) is 10.5. The minimum Gasteiger partial charge on any atom is -0.419 e. The average molecular weight is 249 g/mol. The van der Waals surface area contributed by atoms with E-state index in [-0.39, 0.29) is 0 Å². The molecule has 96 valence electrons. The number of hydrogen-bond acceptors (Lipinski definition) is 6. The summed E-state index contributed by atoms with van der Waals surface area (Å²) in [4.78, 5) is 8.46. The van der Waals surface area contributed by atoms with E-state index in [4.69, 9.17) is 9.47 Å². The molecule has 0 aliphatic rings. The maximum Gasteiger partial charge on any atom is 0.240 e. The number of aryl methyl sites for hydroxylation is 1. The summed E-state index contributed by atoms with van der Waals surface area (Å²) in [5, 5.41) is 9.72. The van der Waals surface area contributed by atoms with Crippen LogP contribution in [0.15, 0.2) is 12.1 Å². The molecule has 0 spiro atoms. The van der Waals surface area contributed by atoms with Crippen LogP contribution in [-0.2, 0) is 11.3 Å². The fourth-order valence-electron chi connectivity index (χ4n) is 1.40. The van der Waals surface area contributed by atoms with Crippen molar-refractivity contribution in [1.29, 1.82) is 0 Å². The van der Waals surface area contributed by atoms with E-state index in [9.17, 15) is 0 Å². The van der Waals surface area contributed by atoms with Crippen LogP contribution in [0.3, 0.4) is 0 Å². The van der Waals surface area contributed by atoms with Gasteiger partial charge in [0.05, 0.1) is 0 Å². The van der Waals surface area contributed by atoms with Crippen LogP contribution >= 0.6 is 0 Å². The summed E-state index contributed by atoms with van der Waals surface area (Å²) < 4.78 is 10.5. The molecule has 18 heavy (non-hydrogen) atoms. The highest BCUT2D eigenvalue weighted by Gasteiger charge is 2.07. The molecular weight excluding hydrogens is 234 g/mol. The summed E-state index contributed by atoms with van der Waals surface area (Å²) in [7, 11) is 3.37. The molecule has 7 nitrogen and oxygen atoms in total. The van der Waals surface area contributed by atoms with Gasteiger partial charge in [0.15, 0.2) is 5.82 Å². The Morgan fingerprint density at radius 1 is 1.28 bits per heavy atom. The highest BCUT2D eigenvalue weighted by Crippen LogP contribution is 2.20. The van der Waals surface area contributed by atoms with Gasteiger partial charge in [-0.3, -0.25) is 5.10 Å². The minimum atomic E-state index is 0.325. The lowest BCUT2D eigenvalue weighted by Crippen LogP contribution is -2.03. The molecule has 0 amide bonds. The molecule has 0 atom stereocenters. The third-order valence-electron chi connectivity index (χ3n) is 2.17. The number of methoxy groups -OCH3 is 1. The minimum absolute atomic E-state index is 0.325. The summed E-state index contributed by atoms with van der Waals surface area (Å²) in [6.45, 7) is 2.22. The van der Waals surface area contributed by atoms with Crippen LogP contribution in [0.1, 0.15) is 11.5 Å².